The highest BCUT2D eigenvalue weighted by Gasteiger charge is 2.49. The van der Waals surface area contributed by atoms with Crippen LogP contribution in [0.4, 0.5) is 4.79 Å². The van der Waals surface area contributed by atoms with Gasteiger partial charge in [-0.05, 0) is 29.7 Å². The van der Waals surface area contributed by atoms with E-state index >= 15 is 0 Å². The first kappa shape index (κ1) is 19.4. The van der Waals surface area contributed by atoms with Gasteiger partial charge in [0.2, 0.25) is 0 Å². The zero-order valence-corrected chi connectivity index (χ0v) is 16.4. The molecule has 2 unspecified atom stereocenters. The molecule has 150 valence electrons. The summed E-state index contributed by atoms with van der Waals surface area (Å²) in [6, 6.07) is 16.7. The van der Waals surface area contributed by atoms with E-state index in [9.17, 15) is 15.2 Å². The zero-order valence-electron chi connectivity index (χ0n) is 16.4. The molecule has 6 heteroatoms. The Kier molecular flexibility index (Phi) is 5.27. The van der Waals surface area contributed by atoms with Crippen molar-refractivity contribution in [3.63, 3.8) is 0 Å². The molecule has 29 heavy (non-hydrogen) atoms. The van der Waals surface area contributed by atoms with Crippen molar-refractivity contribution in [2.45, 2.75) is 44.1 Å². The number of fused-ring (bicyclic) bond motifs is 2. The van der Waals surface area contributed by atoms with Crippen molar-refractivity contribution < 1.29 is 19.4 Å². The highest BCUT2D eigenvalue weighted by Crippen LogP contribution is 2.41. The number of ether oxygens (including phenoxy) is 2. The molecule has 2 atom stereocenters. The predicted molar refractivity (Wildman–Crippen MR) is 106 cm³/mol. The monoisotopic (exact) mass is 392 g/mol. The lowest BCUT2D eigenvalue weighted by atomic mass is 9.76. The first-order chi connectivity index (χ1) is 14.0. The number of amides is 1. The molecule has 2 bridgehead atoms. The molecule has 0 spiro atoms. The molecule has 2 fully saturated rings. The van der Waals surface area contributed by atoms with Gasteiger partial charge in [-0.25, -0.2) is 4.79 Å². The number of carbonyl (C=O) groups is 1. The largest absolute Gasteiger partial charge is 0.445 e. The molecule has 0 radical (unpaired) electrons. The fourth-order valence-electron chi connectivity index (χ4n) is 4.34. The number of hydrogen-bond acceptors (Lipinski definition) is 5. The Balaban J connectivity index is 1.51. The fourth-order valence-corrected chi connectivity index (χ4v) is 4.34. The Hall–Kier alpha value is -2.88. The van der Waals surface area contributed by atoms with Gasteiger partial charge in [-0.2, -0.15) is 5.26 Å². The second-order valence-electron chi connectivity index (χ2n) is 7.87. The number of rotatable bonds is 3. The SMILES string of the molecule is Cc1ccc(C2(O)CC3COCC(C2)N3C(=O)OCc2ccccc2)cc1C#N. The number of hydrogen-bond donors (Lipinski definition) is 1. The molecule has 0 aromatic heterocycles. The Labute approximate surface area is 170 Å². The highest BCUT2D eigenvalue weighted by molar-refractivity contribution is 5.69. The third-order valence-corrected chi connectivity index (χ3v) is 5.87. The summed E-state index contributed by atoms with van der Waals surface area (Å²) < 4.78 is 11.2. The summed E-state index contributed by atoms with van der Waals surface area (Å²) in [5.74, 6) is 0. The van der Waals surface area contributed by atoms with Gasteiger partial charge in [-0.1, -0.05) is 42.5 Å². The molecule has 2 aromatic carbocycles. The Morgan fingerprint density at radius 1 is 1.24 bits per heavy atom. The summed E-state index contributed by atoms with van der Waals surface area (Å²) in [5.41, 5.74) is 1.98. The van der Waals surface area contributed by atoms with Gasteiger partial charge >= 0.3 is 6.09 Å². The van der Waals surface area contributed by atoms with Crippen molar-refractivity contribution in [1.29, 1.82) is 5.26 Å². The quantitative estimate of drug-likeness (QED) is 0.867. The third kappa shape index (κ3) is 3.84. The van der Waals surface area contributed by atoms with Crippen LogP contribution in [0.1, 0.15) is 35.1 Å². The van der Waals surface area contributed by atoms with Crippen LogP contribution in [0, 0.1) is 18.3 Å². The van der Waals surface area contributed by atoms with Gasteiger partial charge in [-0.15, -0.1) is 0 Å². The van der Waals surface area contributed by atoms with E-state index in [4.69, 9.17) is 9.47 Å². The summed E-state index contributed by atoms with van der Waals surface area (Å²) in [4.78, 5) is 14.5. The van der Waals surface area contributed by atoms with E-state index in [1.54, 1.807) is 11.0 Å². The summed E-state index contributed by atoms with van der Waals surface area (Å²) in [6.07, 6.45) is 0.311. The first-order valence-electron chi connectivity index (χ1n) is 9.80. The summed E-state index contributed by atoms with van der Waals surface area (Å²) >= 11 is 0. The van der Waals surface area contributed by atoms with Gasteiger partial charge in [0.1, 0.15) is 6.61 Å². The Bertz CT molecular complexity index is 924. The second-order valence-corrected chi connectivity index (χ2v) is 7.87. The van der Waals surface area contributed by atoms with Crippen molar-refractivity contribution in [3.8, 4) is 6.07 Å². The summed E-state index contributed by atoms with van der Waals surface area (Å²) in [5, 5.41) is 20.8. The maximum Gasteiger partial charge on any atom is 0.410 e. The van der Waals surface area contributed by atoms with E-state index < -0.39 is 5.60 Å². The normalized spacial score (nSPS) is 25.9. The molecule has 2 saturated heterocycles. The van der Waals surface area contributed by atoms with Crippen LogP contribution in [0.15, 0.2) is 48.5 Å². The van der Waals surface area contributed by atoms with Gasteiger partial charge in [0, 0.05) is 12.8 Å². The number of aliphatic hydroxyl groups is 1. The Morgan fingerprint density at radius 2 is 1.93 bits per heavy atom. The number of aryl methyl sites for hydroxylation is 1. The third-order valence-electron chi connectivity index (χ3n) is 5.87. The van der Waals surface area contributed by atoms with Gasteiger partial charge in [0.05, 0.1) is 42.5 Å². The predicted octanol–water partition coefficient (Wildman–Crippen LogP) is 3.25. The summed E-state index contributed by atoms with van der Waals surface area (Å²) in [7, 11) is 0. The molecule has 2 aliphatic rings. The van der Waals surface area contributed by atoms with Gasteiger partial charge in [0.15, 0.2) is 0 Å². The minimum atomic E-state index is -1.10. The zero-order chi connectivity index (χ0) is 20.4. The van der Waals surface area contributed by atoms with Crippen LogP contribution in [-0.4, -0.2) is 41.4 Å². The molecule has 1 amide bonds. The van der Waals surface area contributed by atoms with Gasteiger partial charge in [0.25, 0.3) is 0 Å². The van der Waals surface area contributed by atoms with E-state index in [-0.39, 0.29) is 24.8 Å². The fraction of sp³-hybridized carbons (Fsp3) is 0.391. The smallest absolute Gasteiger partial charge is 0.410 e. The van der Waals surface area contributed by atoms with E-state index in [0.717, 1.165) is 11.1 Å². The molecular weight excluding hydrogens is 368 g/mol. The van der Waals surface area contributed by atoms with E-state index in [1.165, 1.54) is 0 Å². The minimum absolute atomic E-state index is 0.213. The molecule has 2 aliphatic heterocycles. The standard InChI is InChI=1S/C23H24N2O4/c1-16-7-8-19(9-18(16)12-24)23(27)10-20-14-28-15-21(11-23)25(20)22(26)29-13-17-5-3-2-4-6-17/h2-9,20-21,27H,10-11,13-15H2,1H3. The second kappa shape index (κ2) is 7.86. The first-order valence-corrected chi connectivity index (χ1v) is 9.80. The maximum absolute atomic E-state index is 12.8. The lowest BCUT2D eigenvalue weighted by Gasteiger charge is -2.51. The summed E-state index contributed by atoms with van der Waals surface area (Å²) in [6.45, 7) is 2.80. The number of nitrogens with zero attached hydrogens (tertiary/aromatic N) is 2. The molecular formula is C23H24N2O4. The number of carbonyl (C=O) groups excluding carboxylic acids is 1. The van der Waals surface area contributed by atoms with Crippen LogP contribution in [0.3, 0.4) is 0 Å². The molecule has 1 N–H and O–H groups in total. The van der Waals surface area contributed by atoms with Crippen LogP contribution < -0.4 is 0 Å². The van der Waals surface area contributed by atoms with Crippen molar-refractivity contribution >= 4 is 6.09 Å². The lowest BCUT2D eigenvalue weighted by Crippen LogP contribution is -2.62. The van der Waals surface area contributed by atoms with Crippen molar-refractivity contribution in [2.75, 3.05) is 13.2 Å². The van der Waals surface area contributed by atoms with Crippen LogP contribution in [0.5, 0.6) is 0 Å². The molecule has 2 heterocycles. The molecule has 6 nitrogen and oxygen atoms in total. The van der Waals surface area contributed by atoms with Crippen LogP contribution >= 0.6 is 0 Å². The topological polar surface area (TPSA) is 82.8 Å². The van der Waals surface area contributed by atoms with Crippen molar-refractivity contribution in [3.05, 3.63) is 70.8 Å². The lowest BCUT2D eigenvalue weighted by molar-refractivity contribution is -0.136. The van der Waals surface area contributed by atoms with E-state index in [0.29, 0.717) is 37.2 Å². The molecule has 0 aliphatic carbocycles. The van der Waals surface area contributed by atoms with E-state index in [1.807, 2.05) is 49.4 Å². The molecule has 4 rings (SSSR count). The van der Waals surface area contributed by atoms with Gasteiger partial charge < -0.3 is 14.6 Å². The minimum Gasteiger partial charge on any atom is -0.445 e. The van der Waals surface area contributed by atoms with Crippen LogP contribution in [0.25, 0.3) is 0 Å². The number of benzene rings is 2. The number of morpholine rings is 1. The number of piperidine rings is 1. The van der Waals surface area contributed by atoms with Crippen LogP contribution in [-0.2, 0) is 21.7 Å². The van der Waals surface area contributed by atoms with Gasteiger partial charge in [-0.3, -0.25) is 4.90 Å². The Morgan fingerprint density at radius 3 is 2.59 bits per heavy atom. The molecule has 0 saturated carbocycles. The average Bonchev–Trinajstić information content (AvgIpc) is 2.72. The number of nitriles is 1. The van der Waals surface area contributed by atoms with Crippen molar-refractivity contribution in [1.82, 2.24) is 4.90 Å². The average molecular weight is 392 g/mol. The maximum atomic E-state index is 12.8. The van der Waals surface area contributed by atoms with Crippen LogP contribution in [0.2, 0.25) is 0 Å². The van der Waals surface area contributed by atoms with Crippen molar-refractivity contribution in [2.24, 2.45) is 0 Å². The van der Waals surface area contributed by atoms with E-state index in [2.05, 4.69) is 6.07 Å². The molecule has 2 aromatic rings. The highest BCUT2D eigenvalue weighted by atomic mass is 16.6.